The van der Waals surface area contributed by atoms with Crippen molar-refractivity contribution >= 4 is 32.3 Å². The summed E-state index contributed by atoms with van der Waals surface area (Å²) in [6, 6.07) is 10.6. The molecule has 2 aromatic rings. The summed E-state index contributed by atoms with van der Waals surface area (Å²) in [7, 11) is -3.46. The third kappa shape index (κ3) is 4.77. The predicted octanol–water partition coefficient (Wildman–Crippen LogP) is 0.846. The standard InChI is InChI=1S/C19H22N4O3S2/c1-15-2-4-17(5-3-15)28(25,26)23-11-9-22(10-12-23)8-6-18(24)21-19-16(14-20)7-13-27-19/h2-5,7,13H,6,8-12H2,1H3,(H,21,24)/p+1. The van der Waals surface area contributed by atoms with Gasteiger partial charge in [0.05, 0.1) is 49.6 Å². The highest BCUT2D eigenvalue weighted by Crippen LogP contribution is 2.22. The van der Waals surface area contributed by atoms with Gasteiger partial charge in [-0.25, -0.2) is 8.42 Å². The van der Waals surface area contributed by atoms with E-state index in [1.54, 1.807) is 35.7 Å². The van der Waals surface area contributed by atoms with Crippen LogP contribution in [0.2, 0.25) is 0 Å². The fourth-order valence-corrected chi connectivity index (χ4v) is 5.32. The van der Waals surface area contributed by atoms with Gasteiger partial charge in [0.1, 0.15) is 11.1 Å². The van der Waals surface area contributed by atoms with E-state index >= 15 is 0 Å². The van der Waals surface area contributed by atoms with Gasteiger partial charge in [0.25, 0.3) is 0 Å². The number of quaternary nitrogens is 1. The number of hydrogen-bond acceptors (Lipinski definition) is 5. The molecule has 7 nitrogen and oxygen atoms in total. The molecule has 1 aromatic heterocycles. The Morgan fingerprint density at radius 2 is 1.93 bits per heavy atom. The number of carbonyl (C=O) groups is 1. The monoisotopic (exact) mass is 419 g/mol. The minimum Gasteiger partial charge on any atom is -0.332 e. The van der Waals surface area contributed by atoms with Gasteiger partial charge in [-0.05, 0) is 30.5 Å². The predicted molar refractivity (Wildman–Crippen MR) is 108 cm³/mol. The average molecular weight is 420 g/mol. The number of anilines is 1. The lowest BCUT2D eigenvalue weighted by molar-refractivity contribution is -0.903. The molecule has 0 aliphatic carbocycles. The first-order chi connectivity index (χ1) is 13.4. The molecule has 0 unspecified atom stereocenters. The number of nitrogens with one attached hydrogen (secondary N) is 2. The van der Waals surface area contributed by atoms with Gasteiger partial charge in [-0.3, -0.25) is 4.79 Å². The number of sulfonamides is 1. The largest absolute Gasteiger partial charge is 0.332 e. The summed E-state index contributed by atoms with van der Waals surface area (Å²) in [5, 5.41) is 14.1. The van der Waals surface area contributed by atoms with E-state index in [4.69, 9.17) is 5.26 Å². The Hall–Kier alpha value is -2.25. The molecule has 0 radical (unpaired) electrons. The Bertz CT molecular complexity index is 969. The molecule has 1 aliphatic rings. The van der Waals surface area contributed by atoms with Gasteiger partial charge in [0.15, 0.2) is 0 Å². The fourth-order valence-electron chi connectivity index (χ4n) is 3.13. The second-order valence-electron chi connectivity index (χ2n) is 6.79. The Labute approximate surface area is 169 Å². The number of nitriles is 1. The fraction of sp³-hybridized carbons (Fsp3) is 0.368. The molecule has 0 atom stereocenters. The van der Waals surface area contributed by atoms with E-state index < -0.39 is 10.0 Å². The number of carbonyl (C=O) groups excluding carboxylic acids is 1. The molecular weight excluding hydrogens is 396 g/mol. The van der Waals surface area contributed by atoms with Crippen molar-refractivity contribution < 1.29 is 18.1 Å². The quantitative estimate of drug-likeness (QED) is 0.726. The Morgan fingerprint density at radius 1 is 1.25 bits per heavy atom. The van der Waals surface area contributed by atoms with Crippen LogP contribution in [0.5, 0.6) is 0 Å². The second-order valence-corrected chi connectivity index (χ2v) is 9.64. The molecule has 1 fully saturated rings. The van der Waals surface area contributed by atoms with Crippen LogP contribution >= 0.6 is 11.3 Å². The van der Waals surface area contributed by atoms with Crippen LogP contribution in [-0.2, 0) is 14.8 Å². The highest BCUT2D eigenvalue weighted by atomic mass is 32.2. The first kappa shape index (κ1) is 20.5. The molecule has 1 saturated heterocycles. The van der Waals surface area contributed by atoms with E-state index in [2.05, 4.69) is 5.32 Å². The third-order valence-electron chi connectivity index (χ3n) is 4.83. The van der Waals surface area contributed by atoms with E-state index in [9.17, 15) is 13.2 Å². The zero-order chi connectivity index (χ0) is 20.1. The summed E-state index contributed by atoms with van der Waals surface area (Å²) in [6.45, 7) is 4.78. The first-order valence-corrected chi connectivity index (χ1v) is 11.4. The lowest BCUT2D eigenvalue weighted by Gasteiger charge is -2.31. The van der Waals surface area contributed by atoms with Gasteiger partial charge < -0.3 is 10.2 Å². The maximum absolute atomic E-state index is 12.7. The molecule has 2 heterocycles. The van der Waals surface area contributed by atoms with Crippen molar-refractivity contribution in [2.45, 2.75) is 18.2 Å². The van der Waals surface area contributed by atoms with Gasteiger partial charge in [-0.2, -0.15) is 9.57 Å². The minimum absolute atomic E-state index is 0.124. The van der Waals surface area contributed by atoms with E-state index in [1.807, 2.05) is 13.0 Å². The van der Waals surface area contributed by atoms with Crippen molar-refractivity contribution in [3.05, 3.63) is 46.8 Å². The van der Waals surface area contributed by atoms with Crippen molar-refractivity contribution in [2.75, 3.05) is 38.0 Å². The topological polar surface area (TPSA) is 94.7 Å². The van der Waals surface area contributed by atoms with Crippen molar-refractivity contribution in [2.24, 2.45) is 0 Å². The zero-order valence-corrected chi connectivity index (χ0v) is 17.3. The van der Waals surface area contributed by atoms with Crippen LogP contribution in [0.1, 0.15) is 17.5 Å². The lowest BCUT2D eigenvalue weighted by atomic mass is 10.2. The van der Waals surface area contributed by atoms with Gasteiger partial charge in [-0.15, -0.1) is 11.3 Å². The lowest BCUT2D eigenvalue weighted by Crippen LogP contribution is -3.14. The Balaban J connectivity index is 1.48. The van der Waals surface area contributed by atoms with Crippen LogP contribution in [0.3, 0.4) is 0 Å². The Morgan fingerprint density at radius 3 is 2.57 bits per heavy atom. The molecule has 0 saturated carbocycles. The van der Waals surface area contributed by atoms with Crippen LogP contribution in [0, 0.1) is 18.3 Å². The summed E-state index contributed by atoms with van der Waals surface area (Å²) in [4.78, 5) is 13.7. The van der Waals surface area contributed by atoms with E-state index in [1.165, 1.54) is 20.5 Å². The number of thiophene rings is 1. The summed E-state index contributed by atoms with van der Waals surface area (Å²) in [5.41, 5.74) is 1.50. The van der Waals surface area contributed by atoms with Crippen LogP contribution in [0.25, 0.3) is 0 Å². The van der Waals surface area contributed by atoms with Gasteiger partial charge in [0, 0.05) is 0 Å². The van der Waals surface area contributed by atoms with E-state index in [-0.39, 0.29) is 5.91 Å². The third-order valence-corrected chi connectivity index (χ3v) is 7.58. The summed E-state index contributed by atoms with van der Waals surface area (Å²) in [5.74, 6) is -0.124. The molecule has 148 valence electrons. The highest BCUT2D eigenvalue weighted by molar-refractivity contribution is 7.89. The summed E-state index contributed by atoms with van der Waals surface area (Å²) in [6.07, 6.45) is 0.336. The summed E-state index contributed by atoms with van der Waals surface area (Å²) < 4.78 is 27.0. The molecule has 3 rings (SSSR count). The molecule has 1 aliphatic heterocycles. The maximum Gasteiger partial charge on any atom is 0.243 e. The molecule has 0 bridgehead atoms. The number of benzene rings is 1. The number of nitrogens with zero attached hydrogens (tertiary/aromatic N) is 2. The molecule has 0 spiro atoms. The zero-order valence-electron chi connectivity index (χ0n) is 15.6. The van der Waals surface area contributed by atoms with Crippen molar-refractivity contribution in [1.82, 2.24) is 4.31 Å². The molecule has 1 aromatic carbocycles. The van der Waals surface area contributed by atoms with E-state index in [0.29, 0.717) is 54.6 Å². The highest BCUT2D eigenvalue weighted by Gasteiger charge is 2.30. The van der Waals surface area contributed by atoms with Crippen LogP contribution in [0.15, 0.2) is 40.6 Å². The smallest absolute Gasteiger partial charge is 0.243 e. The van der Waals surface area contributed by atoms with Gasteiger partial charge in [-0.1, -0.05) is 17.7 Å². The number of amides is 1. The van der Waals surface area contributed by atoms with Crippen molar-refractivity contribution in [3.63, 3.8) is 0 Å². The van der Waals surface area contributed by atoms with Crippen LogP contribution in [-0.4, -0.2) is 51.4 Å². The van der Waals surface area contributed by atoms with Gasteiger partial charge >= 0.3 is 0 Å². The maximum atomic E-state index is 12.7. The molecule has 1 amide bonds. The Kier molecular flexibility index (Phi) is 6.46. The molecule has 28 heavy (non-hydrogen) atoms. The first-order valence-electron chi connectivity index (χ1n) is 9.08. The number of hydrogen-bond donors (Lipinski definition) is 2. The second kappa shape index (κ2) is 8.84. The molecule has 9 heteroatoms. The van der Waals surface area contributed by atoms with Crippen LogP contribution in [0.4, 0.5) is 5.00 Å². The van der Waals surface area contributed by atoms with E-state index in [0.717, 1.165) is 5.56 Å². The normalized spacial score (nSPS) is 15.9. The van der Waals surface area contributed by atoms with Crippen molar-refractivity contribution in [1.29, 1.82) is 5.26 Å². The summed E-state index contributed by atoms with van der Waals surface area (Å²) >= 11 is 1.33. The van der Waals surface area contributed by atoms with Crippen molar-refractivity contribution in [3.8, 4) is 6.07 Å². The minimum atomic E-state index is -3.46. The SMILES string of the molecule is Cc1ccc(S(=O)(=O)N2CC[NH+](CCC(=O)Nc3sccc3C#N)CC2)cc1. The number of rotatable bonds is 6. The van der Waals surface area contributed by atoms with Crippen LogP contribution < -0.4 is 10.2 Å². The average Bonchev–Trinajstić information content (AvgIpc) is 3.14. The molecular formula is C19H23N4O3S2+. The number of piperazine rings is 1. The number of aryl methyl sites for hydroxylation is 1. The molecule has 2 N–H and O–H groups in total. The van der Waals surface area contributed by atoms with Gasteiger partial charge in [0.2, 0.25) is 15.9 Å².